The van der Waals surface area contributed by atoms with Crippen LogP contribution in [0.5, 0.6) is 11.5 Å². The first-order valence-corrected chi connectivity index (χ1v) is 7.36. The van der Waals surface area contributed by atoms with E-state index in [0.717, 1.165) is 16.0 Å². The SMILES string of the molecule is COc1ccc(OCc2nc(CC(C)(C)C)cn2C(=O)O)cc1. The molecule has 1 heterocycles. The summed E-state index contributed by atoms with van der Waals surface area (Å²) in [5.74, 6) is 1.73. The van der Waals surface area contributed by atoms with Crippen LogP contribution < -0.4 is 9.47 Å². The molecular formula is C17H22N2O4. The number of hydrogen-bond donors (Lipinski definition) is 1. The Morgan fingerprint density at radius 2 is 1.83 bits per heavy atom. The quantitative estimate of drug-likeness (QED) is 0.912. The normalized spacial score (nSPS) is 11.3. The van der Waals surface area contributed by atoms with Gasteiger partial charge in [-0.25, -0.2) is 14.3 Å². The first-order chi connectivity index (χ1) is 10.8. The van der Waals surface area contributed by atoms with Crippen LogP contribution >= 0.6 is 0 Å². The smallest absolute Gasteiger partial charge is 0.417 e. The van der Waals surface area contributed by atoms with Crippen LogP contribution in [0.15, 0.2) is 30.5 Å². The minimum Gasteiger partial charge on any atom is -0.497 e. The summed E-state index contributed by atoms with van der Waals surface area (Å²) < 4.78 is 11.8. The number of imidazole rings is 1. The third kappa shape index (κ3) is 4.74. The van der Waals surface area contributed by atoms with Crippen molar-refractivity contribution in [1.29, 1.82) is 0 Å². The molecule has 2 aromatic rings. The van der Waals surface area contributed by atoms with E-state index in [1.54, 1.807) is 37.6 Å². The summed E-state index contributed by atoms with van der Waals surface area (Å²) in [5, 5.41) is 9.29. The maximum absolute atomic E-state index is 11.3. The second-order valence-corrected chi connectivity index (χ2v) is 6.50. The minimum atomic E-state index is -1.06. The van der Waals surface area contributed by atoms with Gasteiger partial charge in [-0.15, -0.1) is 0 Å². The van der Waals surface area contributed by atoms with Gasteiger partial charge in [0, 0.05) is 6.20 Å². The molecule has 23 heavy (non-hydrogen) atoms. The summed E-state index contributed by atoms with van der Waals surface area (Å²) in [4.78, 5) is 15.7. The highest BCUT2D eigenvalue weighted by Crippen LogP contribution is 2.21. The third-order valence-corrected chi connectivity index (χ3v) is 3.17. The molecule has 0 spiro atoms. The summed E-state index contributed by atoms with van der Waals surface area (Å²) in [6.45, 7) is 6.34. The molecule has 0 saturated heterocycles. The molecule has 0 atom stereocenters. The van der Waals surface area contributed by atoms with E-state index in [1.807, 2.05) is 0 Å². The molecule has 6 heteroatoms. The summed E-state index contributed by atoms with van der Waals surface area (Å²) in [6.07, 6.45) is 1.19. The zero-order valence-corrected chi connectivity index (χ0v) is 13.9. The van der Waals surface area contributed by atoms with Crippen LogP contribution in [0.3, 0.4) is 0 Å². The van der Waals surface area contributed by atoms with Crippen LogP contribution in [0.2, 0.25) is 0 Å². The molecule has 0 amide bonds. The average Bonchev–Trinajstić information content (AvgIpc) is 2.86. The summed E-state index contributed by atoms with van der Waals surface area (Å²) in [5.41, 5.74) is 0.777. The molecule has 0 saturated carbocycles. The highest BCUT2D eigenvalue weighted by molar-refractivity contribution is 5.68. The Hall–Kier alpha value is -2.50. The summed E-state index contributed by atoms with van der Waals surface area (Å²) >= 11 is 0. The lowest BCUT2D eigenvalue weighted by molar-refractivity contribution is 0.192. The Balaban J connectivity index is 2.12. The molecule has 0 aliphatic carbocycles. The lowest BCUT2D eigenvalue weighted by Crippen LogP contribution is -2.13. The third-order valence-electron chi connectivity index (χ3n) is 3.17. The van der Waals surface area contributed by atoms with Crippen molar-refractivity contribution in [3.05, 3.63) is 42.0 Å². The molecular weight excluding hydrogens is 296 g/mol. The van der Waals surface area contributed by atoms with Crippen molar-refractivity contribution in [1.82, 2.24) is 9.55 Å². The fourth-order valence-electron chi connectivity index (χ4n) is 2.19. The van der Waals surface area contributed by atoms with E-state index in [4.69, 9.17) is 9.47 Å². The van der Waals surface area contributed by atoms with Gasteiger partial charge in [0.2, 0.25) is 0 Å². The van der Waals surface area contributed by atoms with Gasteiger partial charge in [0.1, 0.15) is 18.1 Å². The van der Waals surface area contributed by atoms with E-state index in [1.165, 1.54) is 0 Å². The maximum atomic E-state index is 11.3. The largest absolute Gasteiger partial charge is 0.497 e. The second kappa shape index (κ2) is 6.73. The predicted molar refractivity (Wildman–Crippen MR) is 86.1 cm³/mol. The molecule has 0 radical (unpaired) electrons. The van der Waals surface area contributed by atoms with Crippen molar-refractivity contribution in [2.24, 2.45) is 5.41 Å². The number of carboxylic acid groups (broad SMARTS) is 1. The van der Waals surface area contributed by atoms with Crippen LogP contribution in [-0.4, -0.2) is 27.9 Å². The Labute approximate surface area is 135 Å². The molecule has 0 fully saturated rings. The van der Waals surface area contributed by atoms with E-state index in [9.17, 15) is 9.90 Å². The Morgan fingerprint density at radius 3 is 2.35 bits per heavy atom. The Kier molecular flexibility index (Phi) is 4.93. The van der Waals surface area contributed by atoms with Gasteiger partial charge in [-0.1, -0.05) is 20.8 Å². The van der Waals surface area contributed by atoms with Gasteiger partial charge in [0.25, 0.3) is 0 Å². The highest BCUT2D eigenvalue weighted by Gasteiger charge is 2.18. The number of ether oxygens (including phenoxy) is 2. The summed E-state index contributed by atoms with van der Waals surface area (Å²) in [7, 11) is 1.59. The first-order valence-electron chi connectivity index (χ1n) is 7.36. The zero-order chi connectivity index (χ0) is 17.0. The number of rotatable bonds is 5. The lowest BCUT2D eigenvalue weighted by atomic mass is 9.91. The first kappa shape index (κ1) is 16.9. The maximum Gasteiger partial charge on any atom is 0.417 e. The van der Waals surface area contributed by atoms with Crippen molar-refractivity contribution < 1.29 is 19.4 Å². The highest BCUT2D eigenvalue weighted by atomic mass is 16.5. The standard InChI is InChI=1S/C17H22N2O4/c1-17(2,3)9-12-10-19(16(20)21)15(18-12)11-23-14-7-5-13(22-4)6-8-14/h5-8,10H,9,11H2,1-4H3,(H,20,21). The van der Waals surface area contributed by atoms with Gasteiger partial charge in [-0.05, 0) is 36.1 Å². The van der Waals surface area contributed by atoms with Crippen molar-refractivity contribution in [3.8, 4) is 11.5 Å². The minimum absolute atomic E-state index is 0.0335. The van der Waals surface area contributed by atoms with E-state index in [2.05, 4.69) is 25.8 Å². The number of aromatic nitrogens is 2. The fraction of sp³-hybridized carbons (Fsp3) is 0.412. The second-order valence-electron chi connectivity index (χ2n) is 6.50. The van der Waals surface area contributed by atoms with Crippen LogP contribution in [0.25, 0.3) is 0 Å². The average molecular weight is 318 g/mol. The molecule has 0 unspecified atom stereocenters. The predicted octanol–water partition coefficient (Wildman–Crippen LogP) is 3.59. The van der Waals surface area contributed by atoms with Crippen molar-refractivity contribution >= 4 is 6.09 Å². The van der Waals surface area contributed by atoms with E-state index in [-0.39, 0.29) is 12.0 Å². The van der Waals surface area contributed by atoms with Gasteiger partial charge in [-0.3, -0.25) is 0 Å². The monoisotopic (exact) mass is 318 g/mol. The molecule has 0 aliphatic heterocycles. The number of hydrogen-bond acceptors (Lipinski definition) is 4. The molecule has 124 valence electrons. The number of nitrogens with zero attached hydrogens (tertiary/aromatic N) is 2. The Morgan fingerprint density at radius 1 is 1.22 bits per heavy atom. The Bertz CT molecular complexity index is 669. The van der Waals surface area contributed by atoms with Crippen LogP contribution in [0, 0.1) is 5.41 Å². The lowest BCUT2D eigenvalue weighted by Gasteiger charge is -2.15. The van der Waals surface area contributed by atoms with Gasteiger partial charge in [-0.2, -0.15) is 0 Å². The molecule has 2 rings (SSSR count). The molecule has 0 aliphatic rings. The number of methoxy groups -OCH3 is 1. The van der Waals surface area contributed by atoms with E-state index < -0.39 is 6.09 Å². The molecule has 1 aromatic heterocycles. The van der Waals surface area contributed by atoms with Gasteiger partial charge < -0.3 is 14.6 Å². The molecule has 1 aromatic carbocycles. The summed E-state index contributed by atoms with van der Waals surface area (Å²) in [6, 6.07) is 7.10. The van der Waals surface area contributed by atoms with Crippen molar-refractivity contribution in [3.63, 3.8) is 0 Å². The van der Waals surface area contributed by atoms with Gasteiger partial charge >= 0.3 is 6.09 Å². The molecule has 6 nitrogen and oxygen atoms in total. The van der Waals surface area contributed by atoms with Crippen LogP contribution in [0.4, 0.5) is 4.79 Å². The molecule has 0 bridgehead atoms. The number of carbonyl (C=O) groups is 1. The van der Waals surface area contributed by atoms with Crippen molar-refractivity contribution in [2.75, 3.05) is 7.11 Å². The fourth-order valence-corrected chi connectivity index (χ4v) is 2.19. The van der Waals surface area contributed by atoms with Gasteiger partial charge in [0.15, 0.2) is 5.82 Å². The van der Waals surface area contributed by atoms with Crippen LogP contribution in [-0.2, 0) is 13.0 Å². The van der Waals surface area contributed by atoms with E-state index >= 15 is 0 Å². The zero-order valence-electron chi connectivity index (χ0n) is 13.9. The van der Waals surface area contributed by atoms with E-state index in [0.29, 0.717) is 18.0 Å². The van der Waals surface area contributed by atoms with Crippen molar-refractivity contribution in [2.45, 2.75) is 33.8 Å². The van der Waals surface area contributed by atoms with Gasteiger partial charge in [0.05, 0.1) is 12.8 Å². The topological polar surface area (TPSA) is 73.6 Å². The van der Waals surface area contributed by atoms with Crippen LogP contribution in [0.1, 0.15) is 32.3 Å². The number of benzene rings is 1. The molecule has 1 N–H and O–H groups in total.